The van der Waals surface area contributed by atoms with Crippen LogP contribution in [0.1, 0.15) is 78.1 Å². The van der Waals surface area contributed by atoms with Gasteiger partial charge in [-0.3, -0.25) is 0 Å². The van der Waals surface area contributed by atoms with E-state index >= 15 is 0 Å². The Bertz CT molecular complexity index is 1260. The molecule has 1 saturated carbocycles. The lowest BCUT2D eigenvalue weighted by atomic mass is 9.52. The molecule has 6 aliphatic carbocycles. The number of rotatable bonds is 3. The van der Waals surface area contributed by atoms with Crippen molar-refractivity contribution in [1.82, 2.24) is 4.90 Å². The molecule has 0 amide bonds. The second-order valence-corrected chi connectivity index (χ2v) is 14.7. The molecule has 2 fully saturated rings. The Morgan fingerprint density at radius 2 is 1.71 bits per heavy atom. The zero-order chi connectivity index (χ0) is 29.4. The summed E-state index contributed by atoms with van der Waals surface area (Å²) in [6.07, 6.45) is 21.0. The van der Waals surface area contributed by atoms with Gasteiger partial charge in [0.15, 0.2) is 0 Å². The molecule has 7 rings (SSSR count). The molecule has 3 nitrogen and oxygen atoms in total. The maximum absolute atomic E-state index is 13.4. The number of hydrogen-bond donors (Lipinski definition) is 2. The number of aliphatic hydroxyl groups is 2. The number of likely N-dealkylation sites (tertiary alicyclic amines) is 1. The van der Waals surface area contributed by atoms with Crippen LogP contribution in [0.15, 0.2) is 71.0 Å². The Balaban J connectivity index is 1.14. The fourth-order valence-corrected chi connectivity index (χ4v) is 10.1. The van der Waals surface area contributed by atoms with Crippen molar-refractivity contribution in [3.63, 3.8) is 0 Å². The van der Waals surface area contributed by atoms with E-state index in [1.807, 2.05) is 0 Å². The molecule has 9 atom stereocenters. The first-order chi connectivity index (χ1) is 20.1. The molecule has 0 aromatic heterocycles. The van der Waals surface area contributed by atoms with Crippen LogP contribution in [0, 0.1) is 40.9 Å². The standard InChI is InChI=1S/C36H46F3NO2/c1-35(2)29-10-6-7-11-30(29)40(24-8-4-3-5-9-24)31-17-13-22-18-21(12-15-25(22)32(31)35)19-28-33(41)26-16-14-23(36(37,38)39)20-27(26)34(28)42/h11-18,22-25,28-29,31-34,41-42H,3-10,19-20H2,1-2H3. The van der Waals surface area contributed by atoms with Gasteiger partial charge in [0.25, 0.3) is 0 Å². The van der Waals surface area contributed by atoms with E-state index in [2.05, 4.69) is 55.2 Å². The first-order valence-electron chi connectivity index (χ1n) is 16.5. The molecule has 2 N–H and O–H groups in total. The molecule has 1 saturated heterocycles. The highest BCUT2D eigenvalue weighted by molar-refractivity contribution is 5.44. The molecule has 0 spiro atoms. The van der Waals surface area contributed by atoms with Crippen LogP contribution in [-0.2, 0) is 0 Å². The van der Waals surface area contributed by atoms with Gasteiger partial charge in [0.05, 0.1) is 24.2 Å². The van der Waals surface area contributed by atoms with E-state index in [0.29, 0.717) is 47.4 Å². The maximum atomic E-state index is 13.4. The van der Waals surface area contributed by atoms with Crippen LogP contribution in [-0.4, -0.2) is 45.6 Å². The normalized spacial score (nSPS) is 41.1. The van der Waals surface area contributed by atoms with Crippen molar-refractivity contribution in [2.24, 2.45) is 40.9 Å². The molecule has 1 heterocycles. The van der Waals surface area contributed by atoms with E-state index in [0.717, 1.165) is 11.6 Å². The zero-order valence-corrected chi connectivity index (χ0v) is 24.9. The van der Waals surface area contributed by atoms with Gasteiger partial charge < -0.3 is 15.1 Å². The van der Waals surface area contributed by atoms with Crippen LogP contribution < -0.4 is 0 Å². The average Bonchev–Trinajstić information content (AvgIpc) is 3.21. The predicted molar refractivity (Wildman–Crippen MR) is 159 cm³/mol. The predicted octanol–water partition coefficient (Wildman–Crippen LogP) is 7.80. The lowest BCUT2D eigenvalue weighted by Gasteiger charge is -2.62. The summed E-state index contributed by atoms with van der Waals surface area (Å²) in [6.45, 7) is 5.00. The highest BCUT2D eigenvalue weighted by Crippen LogP contribution is 2.59. The summed E-state index contributed by atoms with van der Waals surface area (Å²) in [7, 11) is 0. The number of piperidine rings is 1. The lowest BCUT2D eigenvalue weighted by Crippen LogP contribution is -2.61. The van der Waals surface area contributed by atoms with Crippen LogP contribution in [0.3, 0.4) is 0 Å². The van der Waals surface area contributed by atoms with Crippen LogP contribution >= 0.6 is 0 Å². The van der Waals surface area contributed by atoms with Crippen LogP contribution in [0.2, 0.25) is 0 Å². The first kappa shape index (κ1) is 28.7. The van der Waals surface area contributed by atoms with Gasteiger partial charge in [-0.2, -0.15) is 13.2 Å². The number of allylic oxidation sites excluding steroid dienone is 8. The zero-order valence-electron chi connectivity index (χ0n) is 24.9. The average molecular weight is 582 g/mol. The Kier molecular flexibility index (Phi) is 7.20. The fourth-order valence-electron chi connectivity index (χ4n) is 10.1. The molecule has 0 bridgehead atoms. The highest BCUT2D eigenvalue weighted by Gasteiger charge is 2.56. The van der Waals surface area contributed by atoms with E-state index in [1.165, 1.54) is 57.4 Å². The van der Waals surface area contributed by atoms with Crippen LogP contribution in [0.25, 0.3) is 0 Å². The lowest BCUT2D eigenvalue weighted by molar-refractivity contribution is -0.161. The monoisotopic (exact) mass is 581 g/mol. The number of alkyl halides is 3. The number of aliphatic hydroxyl groups excluding tert-OH is 2. The molecule has 0 radical (unpaired) electrons. The topological polar surface area (TPSA) is 43.7 Å². The second kappa shape index (κ2) is 10.5. The van der Waals surface area contributed by atoms with Gasteiger partial charge in [-0.05, 0) is 73.3 Å². The highest BCUT2D eigenvalue weighted by atomic mass is 19.4. The smallest absolute Gasteiger partial charge is 0.388 e. The molecular formula is C36H46F3NO2. The van der Waals surface area contributed by atoms with E-state index in [9.17, 15) is 23.4 Å². The second-order valence-electron chi connectivity index (χ2n) is 14.7. The molecule has 6 heteroatoms. The van der Waals surface area contributed by atoms with Gasteiger partial charge in [-0.1, -0.05) is 87.3 Å². The molecule has 228 valence electrons. The summed E-state index contributed by atoms with van der Waals surface area (Å²) < 4.78 is 40.2. The SMILES string of the molecule is CC1(C)C2CCCC=C2N(C2CCCCC2)C2C=CC3C=C(CC4C(O)C5=C(CC(C(F)(F)F)C=C5)C4O)C=CC3C21. The van der Waals surface area contributed by atoms with E-state index in [-0.39, 0.29) is 17.8 Å². The molecule has 0 aromatic carbocycles. The summed E-state index contributed by atoms with van der Waals surface area (Å²) in [6, 6.07) is 1.02. The third kappa shape index (κ3) is 4.62. The first-order valence-corrected chi connectivity index (χ1v) is 16.5. The minimum absolute atomic E-state index is 0.160. The minimum atomic E-state index is -4.35. The summed E-state index contributed by atoms with van der Waals surface area (Å²) in [4.78, 5) is 2.86. The minimum Gasteiger partial charge on any atom is -0.388 e. The third-order valence-electron chi connectivity index (χ3n) is 12.1. The number of halogens is 3. The van der Waals surface area contributed by atoms with Crippen molar-refractivity contribution in [1.29, 1.82) is 0 Å². The van der Waals surface area contributed by atoms with Crippen molar-refractivity contribution >= 4 is 0 Å². The Morgan fingerprint density at radius 1 is 0.929 bits per heavy atom. The van der Waals surface area contributed by atoms with Crippen molar-refractivity contribution in [3.8, 4) is 0 Å². The number of fused-ring (bicyclic) bond motifs is 4. The van der Waals surface area contributed by atoms with Gasteiger partial charge in [0.1, 0.15) is 0 Å². The Morgan fingerprint density at radius 3 is 2.48 bits per heavy atom. The van der Waals surface area contributed by atoms with E-state index in [1.54, 1.807) is 5.70 Å². The van der Waals surface area contributed by atoms with Gasteiger partial charge in [0.2, 0.25) is 0 Å². The Labute approximate surface area is 248 Å². The summed E-state index contributed by atoms with van der Waals surface area (Å²) >= 11 is 0. The number of nitrogens with zero attached hydrogens (tertiary/aromatic N) is 1. The molecule has 9 unspecified atom stereocenters. The number of hydrogen-bond acceptors (Lipinski definition) is 3. The van der Waals surface area contributed by atoms with Crippen molar-refractivity contribution in [2.75, 3.05) is 0 Å². The molecule has 42 heavy (non-hydrogen) atoms. The largest absolute Gasteiger partial charge is 0.395 e. The van der Waals surface area contributed by atoms with Gasteiger partial charge in [-0.15, -0.1) is 0 Å². The molecule has 1 aliphatic heterocycles. The van der Waals surface area contributed by atoms with E-state index < -0.39 is 30.2 Å². The summed E-state index contributed by atoms with van der Waals surface area (Å²) in [5.74, 6) is -0.422. The van der Waals surface area contributed by atoms with Gasteiger partial charge in [-0.25, -0.2) is 0 Å². The van der Waals surface area contributed by atoms with E-state index in [4.69, 9.17) is 0 Å². The molecular weight excluding hydrogens is 535 g/mol. The van der Waals surface area contributed by atoms with Crippen molar-refractivity contribution in [2.45, 2.75) is 109 Å². The van der Waals surface area contributed by atoms with Crippen molar-refractivity contribution in [3.05, 3.63) is 71.0 Å². The quantitative estimate of drug-likeness (QED) is 0.334. The van der Waals surface area contributed by atoms with Gasteiger partial charge in [0, 0.05) is 29.5 Å². The maximum Gasteiger partial charge on any atom is 0.395 e. The van der Waals surface area contributed by atoms with Crippen LogP contribution in [0.5, 0.6) is 0 Å². The van der Waals surface area contributed by atoms with Crippen molar-refractivity contribution < 1.29 is 23.4 Å². The van der Waals surface area contributed by atoms with Crippen LogP contribution in [0.4, 0.5) is 13.2 Å². The summed E-state index contributed by atoms with van der Waals surface area (Å²) in [5.41, 5.74) is 3.68. The third-order valence-corrected chi connectivity index (χ3v) is 12.1. The molecule has 7 aliphatic rings. The molecule has 0 aromatic rings. The Hall–Kier alpha value is -2.05. The summed E-state index contributed by atoms with van der Waals surface area (Å²) in [5, 5.41) is 22.2. The fraction of sp³-hybridized carbons (Fsp3) is 0.667. The van der Waals surface area contributed by atoms with Gasteiger partial charge >= 0.3 is 6.18 Å².